The van der Waals surface area contributed by atoms with Gasteiger partial charge in [-0.05, 0) is 62.0 Å². The number of rotatable bonds is 6. The highest BCUT2D eigenvalue weighted by atomic mass is 31.2. The molecule has 2 unspecified atom stereocenters. The van der Waals surface area contributed by atoms with Gasteiger partial charge < -0.3 is 4.74 Å². The zero-order chi connectivity index (χ0) is 33.3. The molecule has 1 nitrogen and oxygen atoms in total. The lowest BCUT2D eigenvalue weighted by Gasteiger charge is -2.44. The van der Waals surface area contributed by atoms with E-state index >= 15 is 0 Å². The second-order valence-corrected chi connectivity index (χ2v) is 16.5. The van der Waals surface area contributed by atoms with Gasteiger partial charge in [0.1, 0.15) is 11.9 Å². The van der Waals surface area contributed by atoms with E-state index in [1.165, 1.54) is 49.0 Å². The molecule has 0 spiro atoms. The van der Waals surface area contributed by atoms with Crippen LogP contribution in [0.5, 0.6) is 0 Å². The summed E-state index contributed by atoms with van der Waals surface area (Å²) in [7, 11) is 0. The Hall–Kier alpha value is -5.62. The van der Waals surface area contributed by atoms with Crippen LogP contribution >= 0.6 is 6.89 Å². The molecule has 2 heteroatoms. The summed E-state index contributed by atoms with van der Waals surface area (Å²) in [4.78, 5) is 0. The maximum absolute atomic E-state index is 7.66. The van der Waals surface area contributed by atoms with E-state index in [0.717, 1.165) is 11.3 Å². The van der Waals surface area contributed by atoms with E-state index in [-0.39, 0.29) is 17.9 Å². The normalized spacial score (nSPS) is 17.0. The summed E-state index contributed by atoms with van der Waals surface area (Å²) in [6.07, 6.45) is 2.13. The lowest BCUT2D eigenvalue weighted by atomic mass is 9.81. The summed E-state index contributed by atoms with van der Waals surface area (Å²) in [6.45, 7) is -2.55. The average Bonchev–Trinajstić information content (AvgIpc) is 3.54. The number of fused-ring (bicyclic) bond motifs is 3. The molecule has 1 aliphatic carbocycles. The van der Waals surface area contributed by atoms with Crippen molar-refractivity contribution in [2.75, 3.05) is 0 Å². The molecule has 0 bridgehead atoms. The highest BCUT2D eigenvalue weighted by molar-refractivity contribution is 7.95. The fraction of sp³-hybridized carbons (Fsp3) is 0.0625. The fourth-order valence-electron chi connectivity index (χ4n) is 8.35. The molecule has 0 aromatic heterocycles. The van der Waals surface area contributed by atoms with Gasteiger partial charge in [0.2, 0.25) is 0 Å². The van der Waals surface area contributed by atoms with E-state index in [9.17, 15) is 0 Å². The Morgan fingerprint density at radius 2 is 0.800 bits per heavy atom. The van der Waals surface area contributed by atoms with Crippen molar-refractivity contribution >= 4 is 33.9 Å². The first-order chi connectivity index (χ1) is 24.8. The van der Waals surface area contributed by atoms with Crippen molar-refractivity contribution in [1.29, 1.82) is 0 Å². The topological polar surface area (TPSA) is 9.23 Å². The van der Waals surface area contributed by atoms with Gasteiger partial charge in [0.25, 0.3) is 0 Å². The molecule has 240 valence electrons. The summed E-state index contributed by atoms with van der Waals surface area (Å²) < 4.78 is 7.66. The van der Waals surface area contributed by atoms with Gasteiger partial charge in [-0.2, -0.15) is 0 Å². The second-order valence-electron chi connectivity index (χ2n) is 13.1. The van der Waals surface area contributed by atoms with Gasteiger partial charge in [0, 0.05) is 11.5 Å². The van der Waals surface area contributed by atoms with Gasteiger partial charge in [0.15, 0.2) is 0 Å². The fourth-order valence-corrected chi connectivity index (χ4v) is 13.2. The smallest absolute Gasteiger partial charge is 0.133 e. The molecule has 1 aliphatic heterocycles. The third kappa shape index (κ3) is 5.01. The first kappa shape index (κ1) is 30.4. The molecule has 2 aliphatic rings. The summed E-state index contributed by atoms with van der Waals surface area (Å²) in [5, 5.41) is 5.41. The molecule has 0 saturated heterocycles. The predicted molar refractivity (Wildman–Crippen MR) is 212 cm³/mol. The zero-order valence-electron chi connectivity index (χ0n) is 27.7. The van der Waals surface area contributed by atoms with E-state index in [1.807, 2.05) is 0 Å². The third-order valence-electron chi connectivity index (χ3n) is 10.4. The molecule has 50 heavy (non-hydrogen) atoms. The maximum Gasteiger partial charge on any atom is 0.133 e. The Kier molecular flexibility index (Phi) is 7.92. The van der Waals surface area contributed by atoms with E-state index in [2.05, 4.69) is 206 Å². The predicted octanol–water partition coefficient (Wildman–Crippen LogP) is 10.2. The highest BCUT2D eigenvalue weighted by Crippen LogP contribution is 2.57. The van der Waals surface area contributed by atoms with Crippen LogP contribution in [0.3, 0.4) is 0 Å². The van der Waals surface area contributed by atoms with Crippen LogP contribution in [0.25, 0.3) is 16.9 Å². The summed E-state index contributed by atoms with van der Waals surface area (Å²) in [5.41, 5.74) is 7.61. The maximum atomic E-state index is 7.66. The van der Waals surface area contributed by atoms with Crippen LogP contribution in [0.1, 0.15) is 34.1 Å². The van der Waals surface area contributed by atoms with E-state index < -0.39 is 6.89 Å². The Morgan fingerprint density at radius 1 is 0.400 bits per heavy atom. The van der Waals surface area contributed by atoms with Crippen molar-refractivity contribution in [3.63, 3.8) is 0 Å². The SMILES string of the molecule is C1=C(c2ccccc2)OC(C2c3ccccc3-c3ccccc32)C(=P(c2ccccc2)(c2ccccc2)c2ccccc2)C1c1ccccc1. The van der Waals surface area contributed by atoms with E-state index in [0.29, 0.717) is 0 Å². The minimum Gasteiger partial charge on any atom is -0.485 e. The van der Waals surface area contributed by atoms with Crippen molar-refractivity contribution in [2.24, 2.45) is 0 Å². The van der Waals surface area contributed by atoms with Gasteiger partial charge in [-0.25, -0.2) is 0 Å². The van der Waals surface area contributed by atoms with Crippen LogP contribution in [0.15, 0.2) is 206 Å². The average molecular weight is 661 g/mol. The molecular formula is C48H37OP. The lowest BCUT2D eigenvalue weighted by Crippen LogP contribution is -2.43. The van der Waals surface area contributed by atoms with Crippen LogP contribution < -0.4 is 15.9 Å². The lowest BCUT2D eigenvalue weighted by molar-refractivity contribution is 0.205. The molecule has 0 N–H and O–H groups in total. The summed E-state index contributed by atoms with van der Waals surface area (Å²) in [5.74, 6) is 0.896. The molecule has 0 radical (unpaired) electrons. The molecule has 2 atom stereocenters. The number of allylic oxidation sites excluding steroid dienone is 1. The molecule has 0 saturated carbocycles. The van der Waals surface area contributed by atoms with Gasteiger partial charge in [-0.3, -0.25) is 0 Å². The van der Waals surface area contributed by atoms with E-state index in [1.54, 1.807) is 0 Å². The first-order valence-electron chi connectivity index (χ1n) is 17.4. The van der Waals surface area contributed by atoms with Crippen molar-refractivity contribution in [1.82, 2.24) is 0 Å². The largest absolute Gasteiger partial charge is 0.485 e. The summed E-state index contributed by atoms with van der Waals surface area (Å²) in [6, 6.07) is 73.5. The van der Waals surface area contributed by atoms with Crippen LogP contribution in [-0.4, -0.2) is 11.4 Å². The number of ether oxygens (including phenoxy) is 1. The Bertz CT molecular complexity index is 2200. The van der Waals surface area contributed by atoms with Crippen LogP contribution in [0.4, 0.5) is 0 Å². The Morgan fingerprint density at radius 3 is 1.28 bits per heavy atom. The van der Waals surface area contributed by atoms with Crippen molar-refractivity contribution in [2.45, 2.75) is 17.9 Å². The standard InChI is InChI=1S/C48H37OP/c1-6-20-35(21-7-1)44-34-45(36-22-8-2-9-23-36)49-47(46-42-32-18-16-30-40(42)41-31-17-19-33-43(41)46)48(44)50(37-24-10-3-11-25-37,38-26-12-4-13-27-38)39-28-14-5-15-29-39/h1-34,44,46-47H. The quantitative estimate of drug-likeness (QED) is 0.161. The van der Waals surface area contributed by atoms with Gasteiger partial charge in [0.05, 0.1) is 5.92 Å². The highest BCUT2D eigenvalue weighted by Gasteiger charge is 2.47. The minimum absolute atomic E-state index is 0.00784. The van der Waals surface area contributed by atoms with Crippen molar-refractivity contribution in [3.8, 4) is 11.1 Å². The molecular weight excluding hydrogens is 624 g/mol. The number of benzene rings is 7. The van der Waals surface area contributed by atoms with Crippen molar-refractivity contribution in [3.05, 3.63) is 229 Å². The number of hydrogen-bond donors (Lipinski definition) is 0. The second kappa shape index (κ2) is 13.0. The van der Waals surface area contributed by atoms with Gasteiger partial charge in [-0.15, -0.1) is 0 Å². The van der Waals surface area contributed by atoms with Gasteiger partial charge in [-0.1, -0.05) is 200 Å². The molecule has 7 aromatic carbocycles. The Balaban J connectivity index is 1.50. The molecule has 1 heterocycles. The van der Waals surface area contributed by atoms with E-state index in [4.69, 9.17) is 4.74 Å². The molecule has 9 rings (SSSR count). The van der Waals surface area contributed by atoms with Crippen LogP contribution in [0.2, 0.25) is 0 Å². The van der Waals surface area contributed by atoms with Gasteiger partial charge >= 0.3 is 0 Å². The molecule has 7 aromatic rings. The first-order valence-corrected chi connectivity index (χ1v) is 19.2. The number of hydrogen-bond acceptors (Lipinski definition) is 1. The van der Waals surface area contributed by atoms with Crippen LogP contribution in [-0.2, 0) is 4.74 Å². The molecule has 0 fully saturated rings. The zero-order valence-corrected chi connectivity index (χ0v) is 28.6. The van der Waals surface area contributed by atoms with Crippen molar-refractivity contribution < 1.29 is 4.74 Å². The minimum atomic E-state index is -2.55. The molecule has 0 amide bonds. The summed E-state index contributed by atoms with van der Waals surface area (Å²) >= 11 is 0. The Labute approximate surface area is 295 Å². The third-order valence-corrected chi connectivity index (χ3v) is 14.9. The van der Waals surface area contributed by atoms with Crippen LogP contribution in [0, 0.1) is 0 Å². The monoisotopic (exact) mass is 660 g/mol.